The van der Waals surface area contributed by atoms with Crippen LogP contribution in [-0.2, 0) is 4.74 Å². The topological polar surface area (TPSA) is 35.2 Å². The highest BCUT2D eigenvalue weighted by molar-refractivity contribution is 8.00. The summed E-state index contributed by atoms with van der Waals surface area (Å²) in [5.74, 6) is 0. The number of hydrogen-bond donors (Lipinski definition) is 1. The van der Waals surface area contributed by atoms with Crippen LogP contribution in [0.4, 0.5) is 5.69 Å². The van der Waals surface area contributed by atoms with Gasteiger partial charge in [-0.2, -0.15) is 0 Å². The second kappa shape index (κ2) is 5.50. The van der Waals surface area contributed by atoms with E-state index in [1.807, 2.05) is 0 Å². The monoisotopic (exact) mass is 277 g/mol. The van der Waals surface area contributed by atoms with Gasteiger partial charge in [-0.05, 0) is 25.0 Å². The number of nitrogen functional groups attached to an aromatic ring is 1. The highest BCUT2D eigenvalue weighted by atomic mass is 35.5. The van der Waals surface area contributed by atoms with E-state index in [1.165, 1.54) is 0 Å². The van der Waals surface area contributed by atoms with Gasteiger partial charge in [0.05, 0.1) is 10.0 Å². The fraction of sp³-hybridized carbons (Fsp3) is 0.455. The molecule has 1 fully saturated rings. The van der Waals surface area contributed by atoms with Gasteiger partial charge in [-0.3, -0.25) is 0 Å². The Labute approximate surface area is 109 Å². The lowest BCUT2D eigenvalue weighted by Gasteiger charge is -2.22. The van der Waals surface area contributed by atoms with Crippen LogP contribution in [0.25, 0.3) is 0 Å². The number of nitrogens with two attached hydrogens (primary N) is 1. The molecule has 2 N–H and O–H groups in total. The highest BCUT2D eigenvalue weighted by Gasteiger charge is 2.18. The van der Waals surface area contributed by atoms with Gasteiger partial charge in [0.25, 0.3) is 0 Å². The van der Waals surface area contributed by atoms with Crippen LogP contribution in [0.1, 0.15) is 12.8 Å². The van der Waals surface area contributed by atoms with Crippen molar-refractivity contribution in [3.8, 4) is 0 Å². The lowest BCUT2D eigenvalue weighted by Crippen LogP contribution is -2.17. The van der Waals surface area contributed by atoms with Gasteiger partial charge in [0.2, 0.25) is 0 Å². The van der Waals surface area contributed by atoms with Crippen LogP contribution in [-0.4, -0.2) is 18.5 Å². The summed E-state index contributed by atoms with van der Waals surface area (Å²) in [7, 11) is 0. The van der Waals surface area contributed by atoms with Crippen molar-refractivity contribution in [1.29, 1.82) is 0 Å². The molecular formula is C11H13Cl2NOS. The van der Waals surface area contributed by atoms with E-state index < -0.39 is 0 Å². The first-order valence-electron chi connectivity index (χ1n) is 5.16. The number of ether oxygens (including phenoxy) is 1. The van der Waals surface area contributed by atoms with Crippen molar-refractivity contribution in [3.63, 3.8) is 0 Å². The molecule has 1 aliphatic rings. The zero-order valence-electron chi connectivity index (χ0n) is 8.71. The number of rotatable bonds is 2. The van der Waals surface area contributed by atoms with Crippen LogP contribution in [0.5, 0.6) is 0 Å². The van der Waals surface area contributed by atoms with E-state index in [2.05, 4.69) is 0 Å². The zero-order valence-corrected chi connectivity index (χ0v) is 11.0. The normalized spacial score (nSPS) is 17.6. The minimum absolute atomic E-state index is 0.535. The fourth-order valence-electron chi connectivity index (χ4n) is 1.65. The molecule has 16 heavy (non-hydrogen) atoms. The molecule has 1 heterocycles. The van der Waals surface area contributed by atoms with Crippen molar-refractivity contribution >= 4 is 40.7 Å². The standard InChI is InChI=1S/C11H13Cl2NOS/c12-9-5-7(14)6-10(13)11(9)16-8-1-3-15-4-2-8/h5-6,8H,1-4,14H2. The van der Waals surface area contributed by atoms with Gasteiger partial charge >= 0.3 is 0 Å². The van der Waals surface area contributed by atoms with Gasteiger partial charge in [0.1, 0.15) is 0 Å². The predicted molar refractivity (Wildman–Crippen MR) is 70.6 cm³/mol. The largest absolute Gasteiger partial charge is 0.399 e. The highest BCUT2D eigenvalue weighted by Crippen LogP contribution is 2.40. The van der Waals surface area contributed by atoms with Crippen molar-refractivity contribution in [1.82, 2.24) is 0 Å². The summed E-state index contributed by atoms with van der Waals surface area (Å²) < 4.78 is 5.32. The maximum atomic E-state index is 6.14. The van der Waals surface area contributed by atoms with Crippen LogP contribution in [0, 0.1) is 0 Å². The molecule has 2 nitrogen and oxygen atoms in total. The van der Waals surface area contributed by atoms with Crippen LogP contribution >= 0.6 is 35.0 Å². The minimum Gasteiger partial charge on any atom is -0.399 e. The molecule has 88 valence electrons. The Morgan fingerprint density at radius 2 is 1.75 bits per heavy atom. The molecule has 1 aromatic rings. The SMILES string of the molecule is Nc1cc(Cl)c(SC2CCOCC2)c(Cl)c1. The summed E-state index contributed by atoms with van der Waals surface area (Å²) in [4.78, 5) is 0.935. The first kappa shape index (κ1) is 12.4. The Hall–Kier alpha value is -0.0900. The maximum absolute atomic E-state index is 6.14. The van der Waals surface area contributed by atoms with Crippen LogP contribution < -0.4 is 5.73 Å². The molecule has 0 atom stereocenters. The Morgan fingerprint density at radius 3 is 2.31 bits per heavy atom. The van der Waals surface area contributed by atoms with E-state index >= 15 is 0 Å². The average Bonchev–Trinajstić information content (AvgIpc) is 2.25. The van der Waals surface area contributed by atoms with Crippen molar-refractivity contribution in [2.45, 2.75) is 23.0 Å². The number of benzene rings is 1. The van der Waals surface area contributed by atoms with E-state index in [-0.39, 0.29) is 0 Å². The summed E-state index contributed by atoms with van der Waals surface area (Å²) in [6.07, 6.45) is 2.09. The van der Waals surface area contributed by atoms with Gasteiger partial charge in [0, 0.05) is 29.0 Å². The summed E-state index contributed by atoms with van der Waals surface area (Å²) in [6.45, 7) is 1.64. The minimum atomic E-state index is 0.535. The predicted octanol–water partition coefficient (Wildman–Crippen LogP) is 3.85. The van der Waals surface area contributed by atoms with Crippen molar-refractivity contribution in [2.24, 2.45) is 0 Å². The molecule has 0 bridgehead atoms. The van der Waals surface area contributed by atoms with Gasteiger partial charge < -0.3 is 10.5 Å². The molecule has 1 aromatic carbocycles. The van der Waals surface area contributed by atoms with Gasteiger partial charge in [-0.15, -0.1) is 11.8 Å². The summed E-state index contributed by atoms with van der Waals surface area (Å²) in [5.41, 5.74) is 6.27. The number of hydrogen-bond acceptors (Lipinski definition) is 3. The quantitative estimate of drug-likeness (QED) is 0.835. The van der Waals surface area contributed by atoms with Crippen LogP contribution in [0.2, 0.25) is 10.0 Å². The van der Waals surface area contributed by atoms with Crippen molar-refractivity contribution < 1.29 is 4.74 Å². The van der Waals surface area contributed by atoms with Crippen molar-refractivity contribution in [3.05, 3.63) is 22.2 Å². The molecule has 2 rings (SSSR count). The Balaban J connectivity index is 2.14. The first-order valence-corrected chi connectivity index (χ1v) is 6.79. The molecule has 1 saturated heterocycles. The van der Waals surface area contributed by atoms with E-state index in [9.17, 15) is 0 Å². The third-order valence-corrected chi connectivity index (χ3v) is 4.77. The van der Waals surface area contributed by atoms with E-state index in [1.54, 1.807) is 23.9 Å². The second-order valence-electron chi connectivity index (χ2n) is 3.74. The molecule has 0 saturated carbocycles. The maximum Gasteiger partial charge on any atom is 0.0577 e. The molecule has 0 spiro atoms. The zero-order chi connectivity index (χ0) is 11.5. The molecule has 0 radical (unpaired) electrons. The molecule has 0 aliphatic carbocycles. The number of halogens is 2. The molecule has 0 amide bonds. The Bertz CT molecular complexity index is 357. The molecule has 0 unspecified atom stereocenters. The smallest absolute Gasteiger partial charge is 0.0577 e. The van der Waals surface area contributed by atoms with E-state index in [4.69, 9.17) is 33.7 Å². The van der Waals surface area contributed by atoms with Gasteiger partial charge in [0.15, 0.2) is 0 Å². The van der Waals surface area contributed by atoms with E-state index in [0.29, 0.717) is 21.0 Å². The summed E-state index contributed by atoms with van der Waals surface area (Å²) in [6, 6.07) is 3.49. The summed E-state index contributed by atoms with van der Waals surface area (Å²) >= 11 is 14.0. The lowest BCUT2D eigenvalue weighted by atomic mass is 10.2. The summed E-state index contributed by atoms with van der Waals surface area (Å²) in [5, 5.41) is 1.82. The molecular weight excluding hydrogens is 265 g/mol. The molecule has 5 heteroatoms. The van der Waals surface area contributed by atoms with E-state index in [0.717, 1.165) is 31.0 Å². The fourth-order valence-corrected chi connectivity index (χ4v) is 3.53. The molecule has 1 aliphatic heterocycles. The van der Waals surface area contributed by atoms with Crippen molar-refractivity contribution in [2.75, 3.05) is 18.9 Å². The lowest BCUT2D eigenvalue weighted by molar-refractivity contribution is 0.100. The van der Waals surface area contributed by atoms with Crippen LogP contribution in [0.15, 0.2) is 17.0 Å². The number of thioether (sulfide) groups is 1. The Kier molecular flexibility index (Phi) is 4.25. The van der Waals surface area contributed by atoms with Crippen LogP contribution in [0.3, 0.4) is 0 Å². The molecule has 0 aromatic heterocycles. The Morgan fingerprint density at radius 1 is 1.19 bits per heavy atom. The first-order chi connectivity index (χ1) is 7.66. The number of anilines is 1. The van der Waals surface area contributed by atoms with Gasteiger partial charge in [-0.1, -0.05) is 23.2 Å². The third-order valence-electron chi connectivity index (χ3n) is 2.47. The average molecular weight is 278 g/mol. The second-order valence-corrected chi connectivity index (χ2v) is 5.87. The third kappa shape index (κ3) is 2.98. The van der Waals surface area contributed by atoms with Gasteiger partial charge in [-0.25, -0.2) is 0 Å².